The van der Waals surface area contributed by atoms with E-state index in [2.05, 4.69) is 10.6 Å². The summed E-state index contributed by atoms with van der Waals surface area (Å²) in [5.41, 5.74) is 1.86. The molecule has 0 unspecified atom stereocenters. The summed E-state index contributed by atoms with van der Waals surface area (Å²) < 4.78 is 5.57. The van der Waals surface area contributed by atoms with Crippen LogP contribution in [0.15, 0.2) is 54.6 Å². The number of carbonyl (C=O) groups excluding carboxylic acids is 1. The van der Waals surface area contributed by atoms with Crippen molar-refractivity contribution in [3.8, 4) is 5.75 Å². The predicted molar refractivity (Wildman–Crippen MR) is 94.3 cm³/mol. The predicted octanol–water partition coefficient (Wildman–Crippen LogP) is 3.34. The first-order valence-corrected chi connectivity index (χ1v) is 7.65. The number of carbonyl (C=O) groups is 1. The molecule has 0 fully saturated rings. The summed E-state index contributed by atoms with van der Waals surface area (Å²) in [7, 11) is 3.96. The van der Waals surface area contributed by atoms with Crippen LogP contribution < -0.4 is 20.3 Å². The monoisotopic (exact) mass is 313 g/mol. The minimum atomic E-state index is -0.206. The van der Waals surface area contributed by atoms with Crippen LogP contribution in [0.3, 0.4) is 0 Å². The minimum Gasteiger partial charge on any atom is -0.494 e. The Labute approximate surface area is 137 Å². The van der Waals surface area contributed by atoms with Crippen LogP contribution in [0.5, 0.6) is 5.75 Å². The van der Waals surface area contributed by atoms with E-state index in [0.29, 0.717) is 13.2 Å². The first-order chi connectivity index (χ1) is 11.1. The summed E-state index contributed by atoms with van der Waals surface area (Å²) in [6, 6.07) is 17.1. The molecule has 2 aromatic rings. The molecule has 0 heterocycles. The number of ether oxygens (including phenoxy) is 1. The van der Waals surface area contributed by atoms with Gasteiger partial charge in [0.15, 0.2) is 0 Å². The summed E-state index contributed by atoms with van der Waals surface area (Å²) >= 11 is 0. The molecule has 122 valence electrons. The fourth-order valence-electron chi connectivity index (χ4n) is 2.00. The van der Waals surface area contributed by atoms with Gasteiger partial charge in [0.1, 0.15) is 5.75 Å². The van der Waals surface area contributed by atoms with E-state index < -0.39 is 0 Å². The fourth-order valence-corrected chi connectivity index (χ4v) is 2.00. The van der Waals surface area contributed by atoms with Crippen molar-refractivity contribution in [3.05, 3.63) is 54.6 Å². The van der Waals surface area contributed by atoms with Crippen LogP contribution >= 0.6 is 0 Å². The standard InChI is InChI=1S/C18H23N3O2/c1-21(2)16-11-9-15(10-12-16)20-18(22)19-13-6-14-23-17-7-4-3-5-8-17/h3-5,7-12H,6,13-14H2,1-2H3,(H2,19,20,22). The third-order valence-electron chi connectivity index (χ3n) is 3.26. The van der Waals surface area contributed by atoms with E-state index in [0.717, 1.165) is 23.5 Å². The molecule has 0 aromatic heterocycles. The lowest BCUT2D eigenvalue weighted by molar-refractivity contribution is 0.250. The van der Waals surface area contributed by atoms with Gasteiger partial charge in [0.05, 0.1) is 6.61 Å². The second-order valence-electron chi connectivity index (χ2n) is 5.34. The van der Waals surface area contributed by atoms with Crippen LogP contribution in [-0.4, -0.2) is 33.3 Å². The van der Waals surface area contributed by atoms with Crippen molar-refractivity contribution in [2.24, 2.45) is 0 Å². The van der Waals surface area contributed by atoms with Gasteiger partial charge in [-0.15, -0.1) is 0 Å². The second-order valence-corrected chi connectivity index (χ2v) is 5.34. The SMILES string of the molecule is CN(C)c1ccc(NC(=O)NCCCOc2ccccc2)cc1. The quantitative estimate of drug-likeness (QED) is 0.771. The number of nitrogens with zero attached hydrogens (tertiary/aromatic N) is 1. The van der Waals surface area contributed by atoms with Crippen LogP contribution in [0, 0.1) is 0 Å². The highest BCUT2D eigenvalue weighted by Gasteiger charge is 2.02. The molecular weight excluding hydrogens is 290 g/mol. The van der Waals surface area contributed by atoms with Crippen LogP contribution in [0.4, 0.5) is 16.2 Å². The molecule has 5 nitrogen and oxygen atoms in total. The number of anilines is 2. The molecule has 5 heteroatoms. The van der Waals surface area contributed by atoms with Crippen LogP contribution in [0.1, 0.15) is 6.42 Å². The summed E-state index contributed by atoms with van der Waals surface area (Å²) in [6.45, 7) is 1.14. The van der Waals surface area contributed by atoms with Crippen molar-refractivity contribution in [1.29, 1.82) is 0 Å². The molecule has 0 radical (unpaired) electrons. The van der Waals surface area contributed by atoms with Crippen LogP contribution in [0.25, 0.3) is 0 Å². The van der Waals surface area contributed by atoms with Crippen molar-refractivity contribution in [1.82, 2.24) is 5.32 Å². The second kappa shape index (κ2) is 8.68. The van der Waals surface area contributed by atoms with E-state index in [1.807, 2.05) is 73.6 Å². The number of hydrogen-bond acceptors (Lipinski definition) is 3. The third-order valence-corrected chi connectivity index (χ3v) is 3.26. The molecule has 0 aliphatic heterocycles. The number of hydrogen-bond donors (Lipinski definition) is 2. The van der Waals surface area contributed by atoms with Crippen molar-refractivity contribution in [2.45, 2.75) is 6.42 Å². The van der Waals surface area contributed by atoms with E-state index in [1.54, 1.807) is 0 Å². The highest BCUT2D eigenvalue weighted by atomic mass is 16.5. The molecule has 0 saturated heterocycles. The van der Waals surface area contributed by atoms with Gasteiger partial charge in [0, 0.05) is 32.0 Å². The van der Waals surface area contributed by atoms with Crippen LogP contribution in [-0.2, 0) is 0 Å². The number of benzene rings is 2. The maximum atomic E-state index is 11.8. The number of amides is 2. The van der Waals surface area contributed by atoms with Crippen molar-refractivity contribution in [3.63, 3.8) is 0 Å². The smallest absolute Gasteiger partial charge is 0.319 e. The van der Waals surface area contributed by atoms with Crippen LogP contribution in [0.2, 0.25) is 0 Å². The zero-order valence-corrected chi connectivity index (χ0v) is 13.6. The topological polar surface area (TPSA) is 53.6 Å². The zero-order chi connectivity index (χ0) is 16.5. The molecule has 2 aromatic carbocycles. The lowest BCUT2D eigenvalue weighted by atomic mass is 10.2. The molecule has 23 heavy (non-hydrogen) atoms. The molecule has 2 amide bonds. The van der Waals surface area contributed by atoms with Crippen molar-refractivity contribution in [2.75, 3.05) is 37.5 Å². The maximum absolute atomic E-state index is 11.8. The first-order valence-electron chi connectivity index (χ1n) is 7.65. The highest BCUT2D eigenvalue weighted by Crippen LogP contribution is 2.15. The lowest BCUT2D eigenvalue weighted by Gasteiger charge is -2.13. The van der Waals surface area contributed by atoms with Gasteiger partial charge in [-0.3, -0.25) is 0 Å². The maximum Gasteiger partial charge on any atom is 0.319 e. The van der Waals surface area contributed by atoms with E-state index in [-0.39, 0.29) is 6.03 Å². The van der Waals surface area contributed by atoms with Gasteiger partial charge in [0.2, 0.25) is 0 Å². The summed E-state index contributed by atoms with van der Waals surface area (Å²) in [5.74, 6) is 0.845. The number of urea groups is 1. The van der Waals surface area contributed by atoms with Gasteiger partial charge < -0.3 is 20.3 Å². The Balaban J connectivity index is 1.63. The van der Waals surface area contributed by atoms with Gasteiger partial charge in [-0.2, -0.15) is 0 Å². The lowest BCUT2D eigenvalue weighted by Crippen LogP contribution is -2.30. The largest absolute Gasteiger partial charge is 0.494 e. The zero-order valence-electron chi connectivity index (χ0n) is 13.6. The molecule has 2 rings (SSSR count). The number of nitrogens with one attached hydrogen (secondary N) is 2. The Bertz CT molecular complexity index is 597. The van der Waals surface area contributed by atoms with Crippen molar-refractivity contribution < 1.29 is 9.53 Å². The summed E-state index contributed by atoms with van der Waals surface area (Å²) in [5, 5.41) is 5.62. The summed E-state index contributed by atoms with van der Waals surface area (Å²) in [6.07, 6.45) is 0.752. The van der Waals surface area contributed by atoms with Gasteiger partial charge in [-0.1, -0.05) is 18.2 Å². The van der Waals surface area contributed by atoms with E-state index >= 15 is 0 Å². The Kier molecular flexibility index (Phi) is 6.29. The van der Waals surface area contributed by atoms with E-state index in [4.69, 9.17) is 4.74 Å². The Morgan fingerprint density at radius 3 is 2.39 bits per heavy atom. The van der Waals surface area contributed by atoms with Gasteiger partial charge in [0.25, 0.3) is 0 Å². The normalized spacial score (nSPS) is 10.0. The molecule has 0 aliphatic rings. The third kappa shape index (κ3) is 5.90. The number of para-hydroxylation sites is 1. The van der Waals surface area contributed by atoms with E-state index in [9.17, 15) is 4.79 Å². The average Bonchev–Trinajstić information content (AvgIpc) is 2.56. The average molecular weight is 313 g/mol. The Hall–Kier alpha value is -2.69. The Morgan fingerprint density at radius 2 is 1.74 bits per heavy atom. The van der Waals surface area contributed by atoms with E-state index in [1.165, 1.54) is 0 Å². The molecule has 2 N–H and O–H groups in total. The highest BCUT2D eigenvalue weighted by molar-refractivity contribution is 5.89. The minimum absolute atomic E-state index is 0.206. The molecule has 0 bridgehead atoms. The molecule has 0 atom stereocenters. The van der Waals surface area contributed by atoms with Gasteiger partial charge in [-0.05, 0) is 42.8 Å². The van der Waals surface area contributed by atoms with Gasteiger partial charge in [-0.25, -0.2) is 4.79 Å². The van der Waals surface area contributed by atoms with Crippen molar-refractivity contribution >= 4 is 17.4 Å². The fraction of sp³-hybridized carbons (Fsp3) is 0.278. The van der Waals surface area contributed by atoms with Gasteiger partial charge >= 0.3 is 6.03 Å². The summed E-state index contributed by atoms with van der Waals surface area (Å²) in [4.78, 5) is 13.8. The Morgan fingerprint density at radius 1 is 1.04 bits per heavy atom. The molecule has 0 spiro atoms. The number of rotatable bonds is 7. The molecule has 0 saturated carbocycles. The first kappa shape index (κ1) is 16.7. The molecule has 0 aliphatic carbocycles. The molecular formula is C18H23N3O2.